The van der Waals surface area contributed by atoms with Crippen LogP contribution in [0.15, 0.2) is 30.6 Å². The van der Waals surface area contributed by atoms with E-state index in [0.717, 1.165) is 23.5 Å². The first kappa shape index (κ1) is 9.58. The molecule has 1 heterocycles. The van der Waals surface area contributed by atoms with Gasteiger partial charge in [-0.3, -0.25) is 0 Å². The molecule has 0 radical (unpaired) electrons. The fraction of sp³-hybridized carbons (Fsp3) is 0.0909. The molecule has 0 bridgehead atoms. The highest BCUT2D eigenvalue weighted by Gasteiger charge is 2.05. The maximum atomic E-state index is 12.6. The average molecular weight is 203 g/mol. The molecule has 0 aliphatic carbocycles. The van der Waals surface area contributed by atoms with Crippen molar-refractivity contribution >= 4 is 5.69 Å². The summed E-state index contributed by atoms with van der Waals surface area (Å²) in [4.78, 5) is 7.82. The Morgan fingerprint density at radius 2 is 1.87 bits per heavy atom. The van der Waals surface area contributed by atoms with Gasteiger partial charge >= 0.3 is 0 Å². The average Bonchev–Trinajstić information content (AvgIpc) is 2.23. The zero-order valence-electron chi connectivity index (χ0n) is 8.24. The van der Waals surface area contributed by atoms with E-state index < -0.39 is 5.82 Å². The summed E-state index contributed by atoms with van der Waals surface area (Å²) >= 11 is 0. The van der Waals surface area contributed by atoms with Gasteiger partial charge in [0.1, 0.15) is 0 Å². The molecule has 0 atom stereocenters. The second-order valence-electron chi connectivity index (χ2n) is 3.30. The van der Waals surface area contributed by atoms with Crippen molar-refractivity contribution in [3.05, 3.63) is 42.0 Å². The number of anilines is 1. The van der Waals surface area contributed by atoms with Gasteiger partial charge in [-0.25, -0.2) is 14.4 Å². The first-order valence-corrected chi connectivity index (χ1v) is 4.51. The maximum Gasteiger partial charge on any atom is 0.159 e. The molecule has 2 rings (SSSR count). The second-order valence-corrected chi connectivity index (χ2v) is 3.30. The van der Waals surface area contributed by atoms with Gasteiger partial charge in [0, 0.05) is 11.3 Å². The number of aromatic nitrogens is 2. The van der Waals surface area contributed by atoms with E-state index in [2.05, 4.69) is 9.97 Å². The summed E-state index contributed by atoms with van der Waals surface area (Å²) in [6, 6.07) is 5.47. The van der Waals surface area contributed by atoms with Crippen molar-refractivity contribution in [1.82, 2.24) is 9.97 Å². The Hall–Kier alpha value is -1.97. The normalized spacial score (nSPS) is 10.3. The van der Waals surface area contributed by atoms with E-state index in [-0.39, 0.29) is 0 Å². The lowest BCUT2D eigenvalue weighted by Crippen LogP contribution is -1.94. The van der Waals surface area contributed by atoms with Crippen LogP contribution < -0.4 is 5.73 Å². The van der Waals surface area contributed by atoms with Crippen molar-refractivity contribution in [2.24, 2.45) is 0 Å². The van der Waals surface area contributed by atoms with Crippen molar-refractivity contribution in [1.29, 1.82) is 0 Å². The number of hydrogen-bond acceptors (Lipinski definition) is 3. The first-order chi connectivity index (χ1) is 7.16. The lowest BCUT2D eigenvalue weighted by molar-refractivity contribution is 0.614. The highest BCUT2D eigenvalue weighted by molar-refractivity contribution is 5.64. The molecule has 0 spiro atoms. The summed E-state index contributed by atoms with van der Waals surface area (Å²) in [5.41, 5.74) is 8.15. The lowest BCUT2D eigenvalue weighted by Gasteiger charge is -2.04. The van der Waals surface area contributed by atoms with Crippen LogP contribution in [-0.2, 0) is 0 Å². The second kappa shape index (κ2) is 3.65. The number of nitrogens with zero attached hydrogens (tertiary/aromatic N) is 2. The van der Waals surface area contributed by atoms with Crippen LogP contribution in [0.4, 0.5) is 10.1 Å². The Balaban J connectivity index is 2.53. The Morgan fingerprint density at radius 3 is 2.53 bits per heavy atom. The molecule has 0 saturated heterocycles. The van der Waals surface area contributed by atoms with Crippen LogP contribution in [0.25, 0.3) is 11.4 Å². The van der Waals surface area contributed by atoms with Crippen LogP contribution in [0.3, 0.4) is 0 Å². The number of nitrogen functional groups attached to an aromatic ring is 1. The van der Waals surface area contributed by atoms with Crippen molar-refractivity contribution in [3.63, 3.8) is 0 Å². The number of benzene rings is 1. The number of rotatable bonds is 1. The minimum Gasteiger partial charge on any atom is -0.399 e. The van der Waals surface area contributed by atoms with Crippen LogP contribution in [0.5, 0.6) is 0 Å². The molecule has 0 amide bonds. The summed E-state index contributed by atoms with van der Waals surface area (Å²) in [6.45, 7) is 1.93. The quantitative estimate of drug-likeness (QED) is 0.722. The minimum atomic E-state index is -0.444. The molecule has 0 fully saturated rings. The minimum absolute atomic E-state index is 0.444. The van der Waals surface area contributed by atoms with Crippen molar-refractivity contribution in [2.45, 2.75) is 6.92 Å². The predicted molar refractivity (Wildman–Crippen MR) is 56.6 cm³/mol. The van der Waals surface area contributed by atoms with Gasteiger partial charge in [-0.15, -0.1) is 0 Å². The van der Waals surface area contributed by atoms with E-state index in [0.29, 0.717) is 11.5 Å². The maximum absolute atomic E-state index is 12.6. The van der Waals surface area contributed by atoms with Crippen molar-refractivity contribution in [2.75, 3.05) is 5.73 Å². The highest BCUT2D eigenvalue weighted by atomic mass is 19.1. The van der Waals surface area contributed by atoms with Crippen molar-refractivity contribution in [3.8, 4) is 11.4 Å². The van der Waals surface area contributed by atoms with E-state index in [1.165, 1.54) is 0 Å². The largest absolute Gasteiger partial charge is 0.399 e. The third-order valence-corrected chi connectivity index (χ3v) is 2.12. The van der Waals surface area contributed by atoms with Gasteiger partial charge in [0.2, 0.25) is 0 Å². The number of hydrogen-bond donors (Lipinski definition) is 1. The van der Waals surface area contributed by atoms with Gasteiger partial charge in [-0.05, 0) is 24.6 Å². The van der Waals surface area contributed by atoms with Gasteiger partial charge in [-0.2, -0.15) is 0 Å². The SMILES string of the molecule is Cc1ccc(N)cc1-c1ncc(F)cn1. The highest BCUT2D eigenvalue weighted by Crippen LogP contribution is 2.21. The number of aryl methyl sites for hydroxylation is 1. The smallest absolute Gasteiger partial charge is 0.159 e. The van der Waals surface area contributed by atoms with Crippen LogP contribution in [-0.4, -0.2) is 9.97 Å². The predicted octanol–water partition coefficient (Wildman–Crippen LogP) is 2.17. The summed E-state index contributed by atoms with van der Waals surface area (Å²) in [5, 5.41) is 0. The monoisotopic (exact) mass is 203 g/mol. The molecule has 0 unspecified atom stereocenters. The van der Waals surface area contributed by atoms with Gasteiger partial charge in [-0.1, -0.05) is 6.07 Å². The Morgan fingerprint density at radius 1 is 1.20 bits per heavy atom. The third-order valence-electron chi connectivity index (χ3n) is 2.12. The molecule has 1 aromatic carbocycles. The van der Waals surface area contributed by atoms with E-state index in [4.69, 9.17) is 5.73 Å². The van der Waals surface area contributed by atoms with Crippen molar-refractivity contribution < 1.29 is 4.39 Å². The lowest BCUT2D eigenvalue weighted by atomic mass is 10.1. The van der Waals surface area contributed by atoms with Gasteiger partial charge in [0.25, 0.3) is 0 Å². The van der Waals surface area contributed by atoms with Crippen LogP contribution in [0.2, 0.25) is 0 Å². The van der Waals surface area contributed by atoms with Crippen LogP contribution in [0, 0.1) is 12.7 Å². The molecule has 0 saturated carbocycles. The fourth-order valence-corrected chi connectivity index (χ4v) is 1.33. The fourth-order valence-electron chi connectivity index (χ4n) is 1.33. The Labute approximate surface area is 86.8 Å². The molecule has 2 N–H and O–H groups in total. The molecule has 1 aromatic heterocycles. The Bertz CT molecular complexity index is 480. The van der Waals surface area contributed by atoms with Gasteiger partial charge in [0.15, 0.2) is 11.6 Å². The Kier molecular flexibility index (Phi) is 2.33. The molecule has 3 nitrogen and oxygen atoms in total. The number of halogens is 1. The zero-order chi connectivity index (χ0) is 10.8. The third kappa shape index (κ3) is 1.93. The molecule has 4 heteroatoms. The topological polar surface area (TPSA) is 51.8 Å². The van der Waals surface area contributed by atoms with E-state index in [1.807, 2.05) is 19.1 Å². The summed E-state index contributed by atoms with van der Waals surface area (Å²) in [6.07, 6.45) is 2.29. The molecule has 0 aliphatic heterocycles. The van der Waals surface area contributed by atoms with E-state index in [9.17, 15) is 4.39 Å². The van der Waals surface area contributed by atoms with Gasteiger partial charge in [0.05, 0.1) is 12.4 Å². The summed E-state index contributed by atoms with van der Waals surface area (Å²) in [5.74, 6) is 0.0431. The van der Waals surface area contributed by atoms with E-state index in [1.54, 1.807) is 6.07 Å². The first-order valence-electron chi connectivity index (χ1n) is 4.51. The molecular formula is C11H10FN3. The zero-order valence-corrected chi connectivity index (χ0v) is 8.24. The molecule has 15 heavy (non-hydrogen) atoms. The van der Waals surface area contributed by atoms with Crippen LogP contribution >= 0.6 is 0 Å². The molecule has 2 aromatic rings. The molecular weight excluding hydrogens is 193 g/mol. The van der Waals surface area contributed by atoms with Crippen LogP contribution in [0.1, 0.15) is 5.56 Å². The van der Waals surface area contributed by atoms with Gasteiger partial charge < -0.3 is 5.73 Å². The molecule has 0 aliphatic rings. The number of nitrogens with two attached hydrogens (primary N) is 1. The standard InChI is InChI=1S/C11H10FN3/c1-7-2-3-9(13)4-10(7)11-14-5-8(12)6-15-11/h2-6H,13H2,1H3. The summed E-state index contributed by atoms with van der Waals surface area (Å²) < 4.78 is 12.6. The summed E-state index contributed by atoms with van der Waals surface area (Å²) in [7, 11) is 0. The van der Waals surface area contributed by atoms with E-state index >= 15 is 0 Å². The molecule has 76 valence electrons.